The Labute approximate surface area is 170 Å². The molecule has 0 spiro atoms. The van der Waals surface area contributed by atoms with Gasteiger partial charge in [-0.3, -0.25) is 9.59 Å². The van der Waals surface area contributed by atoms with Gasteiger partial charge in [-0.2, -0.15) is 0 Å². The number of aromatic nitrogens is 1. The van der Waals surface area contributed by atoms with Crippen LogP contribution in [0.25, 0.3) is 10.9 Å². The third-order valence-electron chi connectivity index (χ3n) is 4.47. The van der Waals surface area contributed by atoms with Crippen molar-refractivity contribution in [1.29, 1.82) is 0 Å². The highest BCUT2D eigenvalue weighted by molar-refractivity contribution is 6.32. The Bertz CT molecular complexity index is 1200. The molecule has 150 valence electrons. The number of rotatable bonds is 6. The van der Waals surface area contributed by atoms with Crippen LogP contribution in [0.5, 0.6) is 17.2 Å². The Kier molecular flexibility index (Phi) is 5.70. The maximum atomic E-state index is 13.6. The second-order valence-electron chi connectivity index (χ2n) is 6.55. The smallest absolute Gasteiger partial charge is 0.265 e. The number of ketones is 2. The molecule has 0 unspecified atom stereocenters. The number of aromatic hydroxyl groups is 1. The molecule has 0 atom stereocenters. The van der Waals surface area contributed by atoms with Gasteiger partial charge in [0.25, 0.3) is 5.56 Å². The zero-order chi connectivity index (χ0) is 21.3. The molecule has 0 aliphatic rings. The van der Waals surface area contributed by atoms with Crippen molar-refractivity contribution in [3.63, 3.8) is 0 Å². The van der Waals surface area contributed by atoms with Gasteiger partial charge in [-0.1, -0.05) is 17.7 Å². The van der Waals surface area contributed by atoms with Crippen LogP contribution in [-0.4, -0.2) is 21.2 Å². The molecule has 6 nitrogen and oxygen atoms in total. The molecule has 1 aromatic heterocycles. The predicted molar refractivity (Wildman–Crippen MR) is 107 cm³/mol. The zero-order valence-electron chi connectivity index (χ0n) is 15.7. The molecule has 0 aliphatic heterocycles. The fraction of sp³-hybridized carbons (Fsp3) is 0.190. The van der Waals surface area contributed by atoms with Crippen molar-refractivity contribution in [2.24, 2.45) is 7.05 Å². The van der Waals surface area contributed by atoms with E-state index < -0.39 is 22.9 Å². The van der Waals surface area contributed by atoms with Crippen molar-refractivity contribution >= 4 is 34.1 Å². The molecule has 0 amide bonds. The number of hydrogen-bond acceptors (Lipinski definition) is 5. The maximum Gasteiger partial charge on any atom is 0.265 e. The number of Topliss-reactive ketones (excluding diaryl/α,β-unsaturated/α-hetero) is 2. The van der Waals surface area contributed by atoms with Crippen LogP contribution in [0, 0.1) is 5.82 Å². The molecular weight excluding hydrogens is 401 g/mol. The summed E-state index contributed by atoms with van der Waals surface area (Å²) in [5.74, 6) is -1.53. The second kappa shape index (κ2) is 8.05. The summed E-state index contributed by atoms with van der Waals surface area (Å²) >= 11 is 5.89. The minimum atomic E-state index is -0.690. The number of benzene rings is 2. The lowest BCUT2D eigenvalue weighted by molar-refractivity contribution is -0.116. The van der Waals surface area contributed by atoms with E-state index in [-0.39, 0.29) is 46.1 Å². The minimum absolute atomic E-state index is 0.0133. The van der Waals surface area contributed by atoms with Crippen LogP contribution in [0.1, 0.15) is 30.1 Å². The first-order valence-electron chi connectivity index (χ1n) is 8.71. The molecule has 2 aromatic carbocycles. The molecule has 0 fully saturated rings. The topological polar surface area (TPSA) is 85.6 Å². The summed E-state index contributed by atoms with van der Waals surface area (Å²) in [6.07, 6.45) is -0.177. The van der Waals surface area contributed by atoms with E-state index in [2.05, 4.69) is 0 Å². The first-order chi connectivity index (χ1) is 13.7. The van der Waals surface area contributed by atoms with Gasteiger partial charge in [-0.25, -0.2) is 4.39 Å². The van der Waals surface area contributed by atoms with Gasteiger partial charge in [0.2, 0.25) is 0 Å². The number of halogens is 2. The van der Waals surface area contributed by atoms with Gasteiger partial charge in [0.15, 0.2) is 5.78 Å². The summed E-state index contributed by atoms with van der Waals surface area (Å²) in [4.78, 5) is 36.1. The van der Waals surface area contributed by atoms with Crippen LogP contribution in [0.4, 0.5) is 4.39 Å². The van der Waals surface area contributed by atoms with Crippen molar-refractivity contribution in [3.8, 4) is 17.2 Å². The van der Waals surface area contributed by atoms with Gasteiger partial charge in [-0.15, -0.1) is 0 Å². The van der Waals surface area contributed by atoms with Crippen LogP contribution in [0.15, 0.2) is 41.2 Å². The van der Waals surface area contributed by atoms with Gasteiger partial charge in [-0.05, 0) is 31.2 Å². The Morgan fingerprint density at radius 2 is 1.93 bits per heavy atom. The van der Waals surface area contributed by atoms with Crippen molar-refractivity contribution in [2.75, 3.05) is 0 Å². The van der Waals surface area contributed by atoms with Gasteiger partial charge < -0.3 is 19.2 Å². The fourth-order valence-electron chi connectivity index (χ4n) is 2.92. The summed E-state index contributed by atoms with van der Waals surface area (Å²) in [6, 6.07) is 8.58. The van der Waals surface area contributed by atoms with E-state index in [9.17, 15) is 23.9 Å². The van der Waals surface area contributed by atoms with Crippen LogP contribution in [0.2, 0.25) is 5.02 Å². The van der Waals surface area contributed by atoms with E-state index in [1.165, 1.54) is 54.9 Å². The van der Waals surface area contributed by atoms with Crippen molar-refractivity contribution in [1.82, 2.24) is 4.57 Å². The maximum absolute atomic E-state index is 13.6. The Morgan fingerprint density at radius 1 is 1.21 bits per heavy atom. The molecule has 1 heterocycles. The predicted octanol–water partition coefficient (Wildman–Crippen LogP) is 4.38. The SMILES string of the molecule is CC(=O)CCC(=O)c1c(O)c2ccc(Oc3cccc(F)c3Cl)cc2n(C)c1=O. The monoisotopic (exact) mass is 417 g/mol. The molecule has 0 bridgehead atoms. The summed E-state index contributed by atoms with van der Waals surface area (Å²) in [5, 5.41) is 10.6. The number of carbonyl (C=O) groups excluding carboxylic acids is 2. The molecule has 3 rings (SSSR count). The normalized spacial score (nSPS) is 10.9. The quantitative estimate of drug-likeness (QED) is 0.601. The van der Waals surface area contributed by atoms with Gasteiger partial charge in [0.1, 0.15) is 39.4 Å². The zero-order valence-corrected chi connectivity index (χ0v) is 16.4. The average molecular weight is 418 g/mol. The fourth-order valence-corrected chi connectivity index (χ4v) is 3.09. The highest BCUT2D eigenvalue weighted by atomic mass is 35.5. The van der Waals surface area contributed by atoms with Crippen molar-refractivity contribution in [3.05, 3.63) is 63.2 Å². The Morgan fingerprint density at radius 3 is 2.62 bits per heavy atom. The molecule has 0 aliphatic carbocycles. The lowest BCUT2D eigenvalue weighted by Crippen LogP contribution is -2.25. The third kappa shape index (κ3) is 4.00. The molecular formula is C21H17ClFNO5. The van der Waals surface area contributed by atoms with Crippen LogP contribution in [0.3, 0.4) is 0 Å². The number of carbonyl (C=O) groups is 2. The lowest BCUT2D eigenvalue weighted by Gasteiger charge is -2.13. The highest BCUT2D eigenvalue weighted by Gasteiger charge is 2.21. The summed E-state index contributed by atoms with van der Waals surface area (Å²) in [5.41, 5.74) is -0.742. The number of aryl methyl sites for hydroxylation is 1. The second-order valence-corrected chi connectivity index (χ2v) is 6.92. The lowest BCUT2D eigenvalue weighted by atomic mass is 10.0. The number of ether oxygens (including phenoxy) is 1. The van der Waals surface area contributed by atoms with E-state index in [1.54, 1.807) is 0 Å². The average Bonchev–Trinajstić information content (AvgIpc) is 2.68. The number of nitrogens with zero attached hydrogens (tertiary/aromatic N) is 1. The van der Waals surface area contributed by atoms with Crippen LogP contribution < -0.4 is 10.3 Å². The summed E-state index contributed by atoms with van der Waals surface area (Å²) < 4.78 is 20.4. The minimum Gasteiger partial charge on any atom is -0.506 e. The van der Waals surface area contributed by atoms with E-state index in [1.807, 2.05) is 0 Å². The molecule has 0 saturated carbocycles. The number of hydrogen-bond donors (Lipinski definition) is 1. The van der Waals surface area contributed by atoms with Crippen LogP contribution >= 0.6 is 11.6 Å². The standard InChI is InChI=1S/C21H17ClFNO5/c1-11(25)6-9-16(26)18-20(27)13-8-7-12(10-15(13)24(2)21(18)28)29-17-5-3-4-14(23)19(17)22/h3-5,7-8,10,27H,6,9H2,1-2H3. The van der Waals surface area contributed by atoms with Gasteiger partial charge >= 0.3 is 0 Å². The molecule has 3 aromatic rings. The first kappa shape index (κ1) is 20.5. The van der Waals surface area contributed by atoms with E-state index in [0.717, 1.165) is 0 Å². The van der Waals surface area contributed by atoms with Gasteiger partial charge in [0.05, 0.1) is 5.52 Å². The van der Waals surface area contributed by atoms with E-state index in [4.69, 9.17) is 16.3 Å². The van der Waals surface area contributed by atoms with Crippen molar-refractivity contribution in [2.45, 2.75) is 19.8 Å². The molecule has 29 heavy (non-hydrogen) atoms. The third-order valence-corrected chi connectivity index (χ3v) is 4.83. The van der Waals surface area contributed by atoms with Crippen LogP contribution in [-0.2, 0) is 11.8 Å². The Balaban J connectivity index is 2.06. The molecule has 1 N–H and O–H groups in total. The van der Waals surface area contributed by atoms with E-state index >= 15 is 0 Å². The molecule has 0 radical (unpaired) electrons. The number of pyridine rings is 1. The number of fused-ring (bicyclic) bond motifs is 1. The van der Waals surface area contributed by atoms with Crippen molar-refractivity contribution < 1.29 is 23.8 Å². The molecule has 0 saturated heterocycles. The first-order valence-corrected chi connectivity index (χ1v) is 9.08. The van der Waals surface area contributed by atoms with E-state index in [0.29, 0.717) is 5.52 Å². The Hall–Kier alpha value is -3.19. The highest BCUT2D eigenvalue weighted by Crippen LogP contribution is 2.34. The summed E-state index contributed by atoms with van der Waals surface area (Å²) in [6.45, 7) is 1.35. The summed E-state index contributed by atoms with van der Waals surface area (Å²) in [7, 11) is 1.45. The molecule has 8 heteroatoms. The van der Waals surface area contributed by atoms with Gasteiger partial charge in [0, 0.05) is 31.3 Å². The largest absolute Gasteiger partial charge is 0.506 e.